The summed E-state index contributed by atoms with van der Waals surface area (Å²) in [6.45, 7) is 5.70. The highest BCUT2D eigenvalue weighted by Gasteiger charge is 2.11. The third-order valence-electron chi connectivity index (χ3n) is 2.31. The molecule has 66 valence electrons. The first kappa shape index (κ1) is 9.28. The molecule has 0 aliphatic carbocycles. The highest BCUT2D eigenvalue weighted by molar-refractivity contribution is 5.15. The maximum atomic E-state index is 8.45. The van der Waals surface area contributed by atoms with E-state index in [4.69, 9.17) is 5.26 Å². The fraction of sp³-hybridized carbons (Fsp3) is 0.700. The van der Waals surface area contributed by atoms with Crippen LogP contribution < -0.4 is 0 Å². The number of piperidine rings is 1. The first-order chi connectivity index (χ1) is 5.86. The van der Waals surface area contributed by atoms with Crippen LogP contribution in [0.1, 0.15) is 26.2 Å². The lowest BCUT2D eigenvalue weighted by molar-refractivity contribution is 0.257. The number of allylic oxidation sites excluding steroid dienone is 1. The van der Waals surface area contributed by atoms with Crippen LogP contribution in [-0.2, 0) is 0 Å². The van der Waals surface area contributed by atoms with E-state index in [2.05, 4.69) is 17.9 Å². The second kappa shape index (κ2) is 4.95. The molecule has 0 N–H and O–H groups in total. The summed E-state index contributed by atoms with van der Waals surface area (Å²) in [5.74, 6) is 0. The molecular formula is C10H16N2. The van der Waals surface area contributed by atoms with Crippen LogP contribution in [0.2, 0.25) is 0 Å². The van der Waals surface area contributed by atoms with Crippen molar-refractivity contribution in [1.29, 1.82) is 5.26 Å². The summed E-state index contributed by atoms with van der Waals surface area (Å²) in [6.07, 6.45) is 5.13. The Bertz CT molecular complexity index is 190. The molecule has 0 amide bonds. The van der Waals surface area contributed by atoms with Crippen molar-refractivity contribution in [1.82, 2.24) is 4.90 Å². The molecule has 0 saturated carbocycles. The SMILES string of the molecule is CCCN1CCC(=CC#N)CC1. The molecule has 0 bridgehead atoms. The zero-order chi connectivity index (χ0) is 8.81. The molecule has 0 aromatic rings. The number of likely N-dealkylation sites (tertiary alicyclic amines) is 1. The normalized spacial score (nSPS) is 18.8. The van der Waals surface area contributed by atoms with Gasteiger partial charge in [0.2, 0.25) is 0 Å². The zero-order valence-corrected chi connectivity index (χ0v) is 7.71. The number of hydrogen-bond donors (Lipinski definition) is 0. The highest BCUT2D eigenvalue weighted by Crippen LogP contribution is 2.15. The van der Waals surface area contributed by atoms with Gasteiger partial charge in [-0.3, -0.25) is 0 Å². The Morgan fingerprint density at radius 1 is 1.50 bits per heavy atom. The molecule has 0 unspecified atom stereocenters. The maximum absolute atomic E-state index is 8.45. The molecule has 0 atom stereocenters. The predicted octanol–water partition coefficient (Wildman–Crippen LogP) is 1.94. The van der Waals surface area contributed by atoms with Gasteiger partial charge >= 0.3 is 0 Å². The Morgan fingerprint density at radius 3 is 2.67 bits per heavy atom. The van der Waals surface area contributed by atoms with Gasteiger partial charge in [0, 0.05) is 19.2 Å². The molecule has 0 aromatic heterocycles. The van der Waals surface area contributed by atoms with Crippen LogP contribution in [-0.4, -0.2) is 24.5 Å². The Balaban J connectivity index is 2.30. The first-order valence-electron chi connectivity index (χ1n) is 4.66. The van der Waals surface area contributed by atoms with E-state index in [0.29, 0.717) is 0 Å². The lowest BCUT2D eigenvalue weighted by Crippen LogP contribution is -2.31. The topological polar surface area (TPSA) is 27.0 Å². The largest absolute Gasteiger partial charge is 0.303 e. The summed E-state index contributed by atoms with van der Waals surface area (Å²) in [6, 6.07) is 2.10. The smallest absolute Gasteiger partial charge is 0.0911 e. The summed E-state index contributed by atoms with van der Waals surface area (Å²) in [7, 11) is 0. The molecule has 1 saturated heterocycles. The Morgan fingerprint density at radius 2 is 2.17 bits per heavy atom. The van der Waals surface area contributed by atoms with Gasteiger partial charge in [0.15, 0.2) is 0 Å². The van der Waals surface area contributed by atoms with Crippen molar-refractivity contribution in [2.45, 2.75) is 26.2 Å². The average molecular weight is 164 g/mol. The van der Waals surface area contributed by atoms with Gasteiger partial charge in [-0.05, 0) is 25.8 Å². The van der Waals surface area contributed by atoms with E-state index in [1.54, 1.807) is 6.08 Å². The molecule has 0 radical (unpaired) electrons. The van der Waals surface area contributed by atoms with Crippen LogP contribution in [0.15, 0.2) is 11.6 Å². The van der Waals surface area contributed by atoms with Crippen LogP contribution in [0.3, 0.4) is 0 Å². The summed E-state index contributed by atoms with van der Waals surface area (Å²) in [4.78, 5) is 2.47. The number of nitriles is 1. The van der Waals surface area contributed by atoms with Crippen LogP contribution in [0.4, 0.5) is 0 Å². The molecule has 0 aromatic carbocycles. The van der Waals surface area contributed by atoms with Crippen molar-refractivity contribution in [3.8, 4) is 6.07 Å². The fourth-order valence-electron chi connectivity index (χ4n) is 1.62. The van der Waals surface area contributed by atoms with Gasteiger partial charge in [0.1, 0.15) is 0 Å². The van der Waals surface area contributed by atoms with Gasteiger partial charge in [-0.15, -0.1) is 0 Å². The molecular weight excluding hydrogens is 148 g/mol. The fourth-order valence-corrected chi connectivity index (χ4v) is 1.62. The number of rotatable bonds is 2. The van der Waals surface area contributed by atoms with E-state index in [0.717, 1.165) is 25.9 Å². The van der Waals surface area contributed by atoms with Gasteiger partial charge in [-0.25, -0.2) is 0 Å². The standard InChI is InChI=1S/C10H16N2/c1-2-7-12-8-4-10(3-6-11)5-9-12/h3H,2,4-5,7-9H2,1H3. The molecule has 1 heterocycles. The van der Waals surface area contributed by atoms with Crippen LogP contribution in [0.25, 0.3) is 0 Å². The number of nitrogens with zero attached hydrogens (tertiary/aromatic N) is 2. The molecule has 1 aliphatic rings. The minimum absolute atomic E-state index is 1.09. The molecule has 2 nitrogen and oxygen atoms in total. The average Bonchev–Trinajstić information content (AvgIpc) is 2.09. The quantitative estimate of drug-likeness (QED) is 0.583. The van der Waals surface area contributed by atoms with Crippen LogP contribution in [0.5, 0.6) is 0 Å². The second-order valence-electron chi connectivity index (χ2n) is 3.27. The summed E-state index contributed by atoms with van der Waals surface area (Å²) >= 11 is 0. The predicted molar refractivity (Wildman–Crippen MR) is 49.7 cm³/mol. The summed E-state index contributed by atoms with van der Waals surface area (Å²) in [5.41, 5.74) is 1.32. The zero-order valence-electron chi connectivity index (χ0n) is 7.71. The lowest BCUT2D eigenvalue weighted by atomic mass is 10.0. The van der Waals surface area contributed by atoms with Crippen molar-refractivity contribution in [3.63, 3.8) is 0 Å². The number of hydrogen-bond acceptors (Lipinski definition) is 2. The molecule has 12 heavy (non-hydrogen) atoms. The van der Waals surface area contributed by atoms with Gasteiger partial charge in [0.05, 0.1) is 6.07 Å². The highest BCUT2D eigenvalue weighted by atomic mass is 15.1. The van der Waals surface area contributed by atoms with Crippen molar-refractivity contribution in [2.24, 2.45) is 0 Å². The van der Waals surface area contributed by atoms with E-state index in [1.807, 2.05) is 0 Å². The molecule has 1 fully saturated rings. The van der Waals surface area contributed by atoms with Gasteiger partial charge in [-0.2, -0.15) is 5.26 Å². The van der Waals surface area contributed by atoms with Gasteiger partial charge in [0.25, 0.3) is 0 Å². The Labute approximate surface area is 74.5 Å². The van der Waals surface area contributed by atoms with Crippen LogP contribution >= 0.6 is 0 Å². The summed E-state index contributed by atoms with van der Waals surface area (Å²) < 4.78 is 0. The van der Waals surface area contributed by atoms with E-state index >= 15 is 0 Å². The van der Waals surface area contributed by atoms with Crippen LogP contribution in [0, 0.1) is 11.3 Å². The van der Waals surface area contributed by atoms with Crippen molar-refractivity contribution >= 4 is 0 Å². The van der Waals surface area contributed by atoms with Crippen molar-refractivity contribution in [2.75, 3.05) is 19.6 Å². The molecule has 0 spiro atoms. The maximum Gasteiger partial charge on any atom is 0.0911 e. The van der Waals surface area contributed by atoms with Gasteiger partial charge < -0.3 is 4.90 Å². The monoisotopic (exact) mass is 164 g/mol. The minimum atomic E-state index is 1.09. The van der Waals surface area contributed by atoms with Crippen molar-refractivity contribution < 1.29 is 0 Å². The van der Waals surface area contributed by atoms with Gasteiger partial charge in [-0.1, -0.05) is 12.5 Å². The van der Waals surface area contributed by atoms with E-state index in [9.17, 15) is 0 Å². The molecule has 2 heteroatoms. The summed E-state index contributed by atoms with van der Waals surface area (Å²) in [5, 5.41) is 8.45. The third-order valence-corrected chi connectivity index (χ3v) is 2.31. The lowest BCUT2D eigenvalue weighted by Gasteiger charge is -2.27. The van der Waals surface area contributed by atoms with Crippen molar-refractivity contribution in [3.05, 3.63) is 11.6 Å². The Hall–Kier alpha value is -0.810. The third kappa shape index (κ3) is 2.67. The van der Waals surface area contributed by atoms with E-state index < -0.39 is 0 Å². The minimum Gasteiger partial charge on any atom is -0.303 e. The Kier molecular flexibility index (Phi) is 3.83. The molecule has 1 aliphatic heterocycles. The van der Waals surface area contributed by atoms with E-state index in [-0.39, 0.29) is 0 Å². The first-order valence-corrected chi connectivity index (χ1v) is 4.66. The van der Waals surface area contributed by atoms with E-state index in [1.165, 1.54) is 18.5 Å². The second-order valence-corrected chi connectivity index (χ2v) is 3.27. The molecule has 1 rings (SSSR count).